The highest BCUT2D eigenvalue weighted by atomic mass is 35.5. The first-order chi connectivity index (χ1) is 16.8. The molecule has 0 amide bonds. The molecule has 1 N–H and O–H groups in total. The van der Waals surface area contributed by atoms with Crippen LogP contribution in [0.2, 0.25) is 10.0 Å². The number of carbonyl (C=O) groups is 1. The van der Waals surface area contributed by atoms with Gasteiger partial charge in [-0.1, -0.05) is 40.4 Å². The minimum Gasteiger partial charge on any atom is -0.490 e. The third-order valence-electron chi connectivity index (χ3n) is 5.24. The zero-order chi connectivity index (χ0) is 25.1. The molecule has 0 spiro atoms. The second kappa shape index (κ2) is 10.5. The van der Waals surface area contributed by atoms with Gasteiger partial charge in [0.2, 0.25) is 5.95 Å². The van der Waals surface area contributed by atoms with Gasteiger partial charge in [0.15, 0.2) is 11.5 Å². The molecule has 4 rings (SSSR count). The number of rotatable bonds is 8. The van der Waals surface area contributed by atoms with E-state index in [2.05, 4.69) is 20.8 Å². The molecule has 0 fully saturated rings. The summed E-state index contributed by atoms with van der Waals surface area (Å²) in [6.45, 7) is 7.97. The summed E-state index contributed by atoms with van der Waals surface area (Å²) in [5.74, 6) is 1.03. The molecule has 0 aliphatic carbocycles. The molecule has 0 bridgehead atoms. The zero-order valence-electron chi connectivity index (χ0n) is 19.7. The first-order valence-corrected chi connectivity index (χ1v) is 11.8. The molecular weight excluding hydrogens is 493 g/mol. The highest BCUT2D eigenvalue weighted by Gasteiger charge is 2.35. The van der Waals surface area contributed by atoms with Gasteiger partial charge in [-0.2, -0.15) is 4.68 Å². The second-order valence-corrected chi connectivity index (χ2v) is 8.96. The molecular formula is C24H25Cl2N5O4. The first kappa shape index (κ1) is 24.8. The van der Waals surface area contributed by atoms with Crippen molar-refractivity contribution in [2.75, 3.05) is 11.9 Å². The fourth-order valence-corrected chi connectivity index (χ4v) is 4.06. The standard InChI is InChI=1S/C24H25Cl2N5O4/c1-5-33-20-11-16(7-9-19(20)34-12-15-6-8-17(25)18(26)10-15)22-21(23(32)35-13(2)3)14(4)27-24-28-29-30-31(22)24/h6-11,13,22H,5,12H2,1-4H3,(H,27,28,30). The van der Waals surface area contributed by atoms with Crippen LogP contribution in [-0.4, -0.2) is 38.9 Å². The van der Waals surface area contributed by atoms with E-state index in [1.807, 2.05) is 25.1 Å². The number of nitrogens with one attached hydrogen (secondary N) is 1. The van der Waals surface area contributed by atoms with Crippen LogP contribution in [0.3, 0.4) is 0 Å². The van der Waals surface area contributed by atoms with Crippen LogP contribution in [0, 0.1) is 0 Å². The smallest absolute Gasteiger partial charge is 0.338 e. The van der Waals surface area contributed by atoms with Gasteiger partial charge in [-0.3, -0.25) is 0 Å². The molecule has 2 aromatic carbocycles. The fourth-order valence-electron chi connectivity index (χ4n) is 3.74. The van der Waals surface area contributed by atoms with Crippen LogP contribution in [-0.2, 0) is 16.1 Å². The molecule has 11 heteroatoms. The van der Waals surface area contributed by atoms with E-state index in [1.54, 1.807) is 43.7 Å². The maximum atomic E-state index is 13.0. The number of fused-ring (bicyclic) bond motifs is 1. The predicted molar refractivity (Wildman–Crippen MR) is 132 cm³/mol. The molecule has 1 aliphatic rings. The summed E-state index contributed by atoms with van der Waals surface area (Å²) in [5, 5.41) is 15.9. The lowest BCUT2D eigenvalue weighted by Crippen LogP contribution is -2.30. The Morgan fingerprint density at radius 2 is 1.91 bits per heavy atom. The SMILES string of the molecule is CCOc1cc(C2C(C(=O)OC(C)C)=C(C)Nc3nnnn32)ccc1OCc1ccc(Cl)c(Cl)c1. The Kier molecular flexibility index (Phi) is 7.47. The van der Waals surface area contributed by atoms with Crippen molar-refractivity contribution >= 4 is 35.1 Å². The average Bonchev–Trinajstić information content (AvgIpc) is 3.27. The van der Waals surface area contributed by atoms with Crippen molar-refractivity contribution in [3.8, 4) is 11.5 Å². The first-order valence-electron chi connectivity index (χ1n) is 11.1. The number of ether oxygens (including phenoxy) is 3. The van der Waals surface area contributed by atoms with Crippen LogP contribution in [0.4, 0.5) is 5.95 Å². The number of anilines is 1. The molecule has 1 aliphatic heterocycles. The number of carbonyl (C=O) groups excluding carboxylic acids is 1. The van der Waals surface area contributed by atoms with Crippen LogP contribution in [0.15, 0.2) is 47.7 Å². The van der Waals surface area contributed by atoms with Crippen molar-refractivity contribution in [1.82, 2.24) is 20.2 Å². The van der Waals surface area contributed by atoms with Crippen LogP contribution in [0.25, 0.3) is 0 Å². The maximum absolute atomic E-state index is 13.0. The predicted octanol–water partition coefficient (Wildman–Crippen LogP) is 5.20. The van der Waals surface area contributed by atoms with Gasteiger partial charge in [0.05, 0.1) is 28.3 Å². The lowest BCUT2D eigenvalue weighted by molar-refractivity contribution is -0.143. The molecule has 184 valence electrons. The summed E-state index contributed by atoms with van der Waals surface area (Å²) in [6.07, 6.45) is -0.283. The summed E-state index contributed by atoms with van der Waals surface area (Å²) < 4.78 is 19.0. The minimum absolute atomic E-state index is 0.270. The van der Waals surface area contributed by atoms with E-state index in [9.17, 15) is 4.79 Å². The van der Waals surface area contributed by atoms with Gasteiger partial charge in [0.25, 0.3) is 0 Å². The van der Waals surface area contributed by atoms with Gasteiger partial charge in [0.1, 0.15) is 12.6 Å². The quantitative estimate of drug-likeness (QED) is 0.407. The van der Waals surface area contributed by atoms with Crippen molar-refractivity contribution in [1.29, 1.82) is 0 Å². The number of benzene rings is 2. The number of hydrogen-bond acceptors (Lipinski definition) is 8. The highest BCUT2D eigenvalue weighted by Crippen LogP contribution is 2.39. The Hall–Kier alpha value is -3.30. The largest absolute Gasteiger partial charge is 0.490 e. The summed E-state index contributed by atoms with van der Waals surface area (Å²) >= 11 is 12.1. The number of halogens is 2. The molecule has 1 atom stereocenters. The van der Waals surface area contributed by atoms with E-state index in [-0.39, 0.29) is 12.7 Å². The van der Waals surface area contributed by atoms with E-state index < -0.39 is 12.0 Å². The van der Waals surface area contributed by atoms with Crippen molar-refractivity contribution in [2.24, 2.45) is 0 Å². The number of nitrogens with zero attached hydrogens (tertiary/aromatic N) is 4. The zero-order valence-corrected chi connectivity index (χ0v) is 21.2. The fraction of sp³-hybridized carbons (Fsp3) is 0.333. The Labute approximate surface area is 213 Å². The molecule has 35 heavy (non-hydrogen) atoms. The van der Waals surface area contributed by atoms with Crippen LogP contribution in [0.5, 0.6) is 11.5 Å². The lowest BCUT2D eigenvalue weighted by Gasteiger charge is -2.28. The summed E-state index contributed by atoms with van der Waals surface area (Å²) in [4.78, 5) is 13.0. The van der Waals surface area contributed by atoms with Crippen LogP contribution >= 0.6 is 23.2 Å². The molecule has 0 radical (unpaired) electrons. The summed E-state index contributed by atoms with van der Waals surface area (Å²) in [5.41, 5.74) is 2.62. The van der Waals surface area contributed by atoms with E-state index in [4.69, 9.17) is 37.4 Å². The Bertz CT molecular complexity index is 1270. The Morgan fingerprint density at radius 3 is 2.63 bits per heavy atom. The molecule has 0 saturated carbocycles. The Morgan fingerprint density at radius 1 is 1.11 bits per heavy atom. The topological polar surface area (TPSA) is 100 Å². The van der Waals surface area contributed by atoms with Crippen LogP contribution in [0.1, 0.15) is 44.9 Å². The van der Waals surface area contributed by atoms with Gasteiger partial charge in [-0.15, -0.1) is 0 Å². The third kappa shape index (κ3) is 5.36. The van der Waals surface area contributed by atoms with Gasteiger partial charge in [0, 0.05) is 5.70 Å². The molecule has 2 heterocycles. The van der Waals surface area contributed by atoms with E-state index in [0.29, 0.717) is 45.4 Å². The molecule has 3 aromatic rings. The number of allylic oxidation sites excluding steroid dienone is 1. The normalized spacial score (nSPS) is 15.0. The maximum Gasteiger partial charge on any atom is 0.338 e. The number of aromatic nitrogens is 4. The van der Waals surface area contributed by atoms with E-state index in [1.165, 1.54) is 0 Å². The minimum atomic E-state index is -0.615. The van der Waals surface area contributed by atoms with Crippen molar-refractivity contribution in [3.63, 3.8) is 0 Å². The van der Waals surface area contributed by atoms with Crippen molar-refractivity contribution < 1.29 is 19.0 Å². The molecule has 1 aromatic heterocycles. The van der Waals surface area contributed by atoms with Crippen molar-refractivity contribution in [2.45, 2.75) is 46.4 Å². The number of esters is 1. The van der Waals surface area contributed by atoms with E-state index in [0.717, 1.165) is 11.1 Å². The summed E-state index contributed by atoms with van der Waals surface area (Å²) in [7, 11) is 0. The third-order valence-corrected chi connectivity index (χ3v) is 5.98. The molecule has 9 nitrogen and oxygen atoms in total. The summed E-state index contributed by atoms with van der Waals surface area (Å²) in [6, 6.07) is 10.2. The number of hydrogen-bond donors (Lipinski definition) is 1. The molecule has 1 unspecified atom stereocenters. The second-order valence-electron chi connectivity index (χ2n) is 8.14. The van der Waals surface area contributed by atoms with Gasteiger partial charge in [-0.25, -0.2) is 4.79 Å². The average molecular weight is 518 g/mol. The van der Waals surface area contributed by atoms with Crippen molar-refractivity contribution in [3.05, 3.63) is 68.8 Å². The van der Waals surface area contributed by atoms with E-state index >= 15 is 0 Å². The number of tetrazole rings is 1. The van der Waals surface area contributed by atoms with Gasteiger partial charge >= 0.3 is 5.97 Å². The van der Waals surface area contributed by atoms with Gasteiger partial charge in [-0.05, 0) is 73.5 Å². The lowest BCUT2D eigenvalue weighted by atomic mass is 9.95. The molecule has 0 saturated heterocycles. The monoisotopic (exact) mass is 517 g/mol. The van der Waals surface area contributed by atoms with Gasteiger partial charge < -0.3 is 19.5 Å². The Balaban J connectivity index is 1.69. The highest BCUT2D eigenvalue weighted by molar-refractivity contribution is 6.42. The van der Waals surface area contributed by atoms with Crippen LogP contribution < -0.4 is 14.8 Å².